The summed E-state index contributed by atoms with van der Waals surface area (Å²) >= 11 is 0. The molecule has 0 aromatic carbocycles. The average molecular weight is 303 g/mol. The van der Waals surface area contributed by atoms with Crippen LogP contribution in [-0.2, 0) is 23.0 Å². The van der Waals surface area contributed by atoms with Gasteiger partial charge in [-0.2, -0.15) is 0 Å². The number of aryl methyl sites for hydroxylation is 1. The minimum Gasteiger partial charge on any atom is -0.444 e. The molecule has 0 fully saturated rings. The van der Waals surface area contributed by atoms with Crippen molar-refractivity contribution in [3.63, 3.8) is 0 Å². The van der Waals surface area contributed by atoms with E-state index in [0.29, 0.717) is 18.4 Å². The summed E-state index contributed by atoms with van der Waals surface area (Å²) in [6.07, 6.45) is 3.86. The second-order valence-electron chi connectivity index (χ2n) is 5.03. The van der Waals surface area contributed by atoms with Crippen molar-refractivity contribution in [1.29, 1.82) is 0 Å². The number of rotatable bonds is 10. The zero-order valence-corrected chi connectivity index (χ0v) is 13.3. The van der Waals surface area contributed by atoms with Crippen molar-refractivity contribution in [1.82, 2.24) is 15.0 Å². The smallest absolute Gasteiger partial charge is 0.212 e. The predicted octanol–water partition coefficient (Wildman–Crippen LogP) is 1.43. The first-order valence-corrected chi connectivity index (χ1v) is 8.72. The Hall–Kier alpha value is -0.920. The molecule has 116 valence electrons. The third-order valence-electron chi connectivity index (χ3n) is 2.79. The quantitative estimate of drug-likeness (QED) is 0.639. The molecule has 1 aromatic heterocycles. The standard InChI is InChI=1S/C13H25N3O3S/c1-4-12-9-15-13(19-12)10-16-20(17,18)8-6-5-7-14-11(2)3/h9,11,14,16H,4-8,10H2,1-3H3. The molecule has 0 radical (unpaired) electrons. The van der Waals surface area contributed by atoms with E-state index in [2.05, 4.69) is 28.9 Å². The van der Waals surface area contributed by atoms with Gasteiger partial charge in [0.15, 0.2) is 0 Å². The molecule has 1 rings (SSSR count). The molecule has 7 heteroatoms. The topological polar surface area (TPSA) is 84.2 Å². The SMILES string of the molecule is CCc1cnc(CNS(=O)(=O)CCCCNC(C)C)o1. The summed E-state index contributed by atoms with van der Waals surface area (Å²) in [5, 5.41) is 3.26. The van der Waals surface area contributed by atoms with E-state index in [4.69, 9.17) is 4.42 Å². The maximum absolute atomic E-state index is 11.8. The van der Waals surface area contributed by atoms with Gasteiger partial charge in [0.25, 0.3) is 0 Å². The van der Waals surface area contributed by atoms with Gasteiger partial charge in [-0.25, -0.2) is 18.1 Å². The summed E-state index contributed by atoms with van der Waals surface area (Å²) < 4.78 is 31.4. The lowest BCUT2D eigenvalue weighted by atomic mass is 10.3. The summed E-state index contributed by atoms with van der Waals surface area (Å²) in [7, 11) is -3.26. The number of nitrogens with one attached hydrogen (secondary N) is 2. The van der Waals surface area contributed by atoms with Crippen molar-refractivity contribution in [3.8, 4) is 0 Å². The van der Waals surface area contributed by atoms with Crippen LogP contribution in [0.3, 0.4) is 0 Å². The van der Waals surface area contributed by atoms with Crippen LogP contribution in [0.15, 0.2) is 10.6 Å². The molecule has 20 heavy (non-hydrogen) atoms. The highest BCUT2D eigenvalue weighted by atomic mass is 32.2. The Labute approximate surface area is 121 Å². The number of nitrogens with zero attached hydrogens (tertiary/aromatic N) is 1. The molecule has 0 saturated carbocycles. The molecular weight excluding hydrogens is 278 g/mol. The van der Waals surface area contributed by atoms with E-state index in [1.807, 2.05) is 6.92 Å². The lowest BCUT2D eigenvalue weighted by Crippen LogP contribution is -2.27. The zero-order chi connectivity index (χ0) is 15.0. The van der Waals surface area contributed by atoms with Crippen molar-refractivity contribution in [2.24, 2.45) is 0 Å². The van der Waals surface area contributed by atoms with Crippen LogP contribution >= 0.6 is 0 Å². The molecule has 0 atom stereocenters. The second kappa shape index (κ2) is 8.39. The summed E-state index contributed by atoms with van der Waals surface area (Å²) in [4.78, 5) is 4.02. The molecule has 0 aliphatic carbocycles. The first-order valence-electron chi connectivity index (χ1n) is 7.07. The third kappa shape index (κ3) is 7.02. The van der Waals surface area contributed by atoms with Gasteiger partial charge in [-0.15, -0.1) is 0 Å². The van der Waals surface area contributed by atoms with Crippen LogP contribution in [0.5, 0.6) is 0 Å². The number of aromatic nitrogens is 1. The number of sulfonamides is 1. The van der Waals surface area contributed by atoms with Crippen LogP contribution in [0.25, 0.3) is 0 Å². The molecule has 0 saturated heterocycles. The van der Waals surface area contributed by atoms with Crippen molar-refractivity contribution >= 4 is 10.0 Å². The van der Waals surface area contributed by atoms with E-state index in [9.17, 15) is 8.42 Å². The third-order valence-corrected chi connectivity index (χ3v) is 4.20. The van der Waals surface area contributed by atoms with Gasteiger partial charge in [0.1, 0.15) is 5.76 Å². The average Bonchev–Trinajstić information content (AvgIpc) is 2.83. The van der Waals surface area contributed by atoms with E-state index < -0.39 is 10.0 Å². The zero-order valence-electron chi connectivity index (χ0n) is 12.5. The Morgan fingerprint density at radius 1 is 1.35 bits per heavy atom. The first-order chi connectivity index (χ1) is 9.43. The van der Waals surface area contributed by atoms with E-state index in [0.717, 1.165) is 25.1 Å². The van der Waals surface area contributed by atoms with Crippen LogP contribution < -0.4 is 10.0 Å². The van der Waals surface area contributed by atoms with Crippen LogP contribution in [0.4, 0.5) is 0 Å². The molecule has 1 heterocycles. The minimum atomic E-state index is -3.26. The highest BCUT2D eigenvalue weighted by Gasteiger charge is 2.11. The summed E-state index contributed by atoms with van der Waals surface area (Å²) in [5.74, 6) is 1.31. The lowest BCUT2D eigenvalue weighted by Gasteiger charge is -2.08. The maximum Gasteiger partial charge on any atom is 0.212 e. The Morgan fingerprint density at radius 2 is 2.10 bits per heavy atom. The van der Waals surface area contributed by atoms with Gasteiger partial charge in [0.05, 0.1) is 18.5 Å². The van der Waals surface area contributed by atoms with Crippen molar-refractivity contribution in [3.05, 3.63) is 17.8 Å². The fourth-order valence-electron chi connectivity index (χ4n) is 1.64. The van der Waals surface area contributed by atoms with Gasteiger partial charge in [0, 0.05) is 12.5 Å². The summed E-state index contributed by atoms with van der Waals surface area (Å²) in [6, 6.07) is 0.433. The van der Waals surface area contributed by atoms with Gasteiger partial charge in [-0.05, 0) is 19.4 Å². The molecule has 0 aliphatic rings. The molecule has 0 amide bonds. The molecule has 1 aromatic rings. The summed E-state index contributed by atoms with van der Waals surface area (Å²) in [6.45, 7) is 7.05. The maximum atomic E-state index is 11.8. The number of hydrogen-bond donors (Lipinski definition) is 2. The molecule has 2 N–H and O–H groups in total. The van der Waals surface area contributed by atoms with Gasteiger partial charge in [-0.3, -0.25) is 0 Å². The second-order valence-corrected chi connectivity index (χ2v) is 6.96. The summed E-state index contributed by atoms with van der Waals surface area (Å²) in [5.41, 5.74) is 0. The molecule has 6 nitrogen and oxygen atoms in total. The van der Waals surface area contributed by atoms with Gasteiger partial charge in [-0.1, -0.05) is 20.8 Å². The highest BCUT2D eigenvalue weighted by molar-refractivity contribution is 7.89. The fraction of sp³-hybridized carbons (Fsp3) is 0.769. The lowest BCUT2D eigenvalue weighted by molar-refractivity contribution is 0.452. The van der Waals surface area contributed by atoms with Crippen molar-refractivity contribution in [2.75, 3.05) is 12.3 Å². The van der Waals surface area contributed by atoms with Crippen LogP contribution in [-0.4, -0.2) is 31.7 Å². The molecule has 0 spiro atoms. The normalized spacial score (nSPS) is 12.2. The van der Waals surface area contributed by atoms with E-state index >= 15 is 0 Å². The Kier molecular flexibility index (Phi) is 7.18. The first kappa shape index (κ1) is 17.1. The highest BCUT2D eigenvalue weighted by Crippen LogP contribution is 2.04. The number of oxazole rings is 1. The van der Waals surface area contributed by atoms with Crippen LogP contribution in [0, 0.1) is 0 Å². The Balaban J connectivity index is 2.24. The molecule has 0 aliphatic heterocycles. The van der Waals surface area contributed by atoms with Gasteiger partial charge in [0.2, 0.25) is 15.9 Å². The van der Waals surface area contributed by atoms with Crippen molar-refractivity contribution in [2.45, 2.75) is 52.6 Å². The van der Waals surface area contributed by atoms with Crippen molar-refractivity contribution < 1.29 is 12.8 Å². The predicted molar refractivity (Wildman–Crippen MR) is 78.9 cm³/mol. The largest absolute Gasteiger partial charge is 0.444 e. The van der Waals surface area contributed by atoms with E-state index in [-0.39, 0.29) is 12.3 Å². The van der Waals surface area contributed by atoms with Gasteiger partial charge < -0.3 is 9.73 Å². The number of hydrogen-bond acceptors (Lipinski definition) is 5. The fourth-order valence-corrected chi connectivity index (χ4v) is 2.72. The molecule has 0 unspecified atom stereocenters. The number of unbranched alkanes of at least 4 members (excludes halogenated alkanes) is 1. The molecular formula is C13H25N3O3S. The van der Waals surface area contributed by atoms with Crippen LogP contribution in [0.1, 0.15) is 45.3 Å². The monoisotopic (exact) mass is 303 g/mol. The van der Waals surface area contributed by atoms with E-state index in [1.165, 1.54) is 0 Å². The Morgan fingerprint density at radius 3 is 2.70 bits per heavy atom. The van der Waals surface area contributed by atoms with Crippen LogP contribution in [0.2, 0.25) is 0 Å². The molecule has 0 bridgehead atoms. The van der Waals surface area contributed by atoms with Gasteiger partial charge >= 0.3 is 0 Å². The van der Waals surface area contributed by atoms with E-state index in [1.54, 1.807) is 6.20 Å². The minimum absolute atomic E-state index is 0.118. The Bertz CT molecular complexity index is 483.